The summed E-state index contributed by atoms with van der Waals surface area (Å²) in [4.78, 5) is 3.96. The molecule has 1 N–H and O–H groups in total. The Morgan fingerprint density at radius 2 is 2.18 bits per heavy atom. The molecule has 0 fully saturated rings. The highest BCUT2D eigenvalue weighted by Crippen LogP contribution is 1.92. The Bertz CT molecular complexity index is 160. The summed E-state index contributed by atoms with van der Waals surface area (Å²) in [7, 11) is 1.92. The molecule has 2 heteroatoms. The normalized spacial score (nSPS) is 8.27. The number of aromatic nitrogens is 1. The van der Waals surface area contributed by atoms with Gasteiger partial charge in [0.15, 0.2) is 0 Å². The van der Waals surface area contributed by atoms with Gasteiger partial charge in [0.25, 0.3) is 0 Å². The third-order valence-corrected chi connectivity index (χ3v) is 1.10. The van der Waals surface area contributed by atoms with Crippen LogP contribution in [0.4, 0.5) is 0 Å². The SMILES string of the molecule is CC.CNCc1cccnc1. The van der Waals surface area contributed by atoms with Gasteiger partial charge >= 0.3 is 0 Å². The zero-order valence-electron chi connectivity index (χ0n) is 7.46. The molecule has 0 atom stereocenters. The van der Waals surface area contributed by atoms with Gasteiger partial charge in [-0.1, -0.05) is 19.9 Å². The molecule has 0 aliphatic carbocycles. The van der Waals surface area contributed by atoms with Gasteiger partial charge in [0.05, 0.1) is 0 Å². The van der Waals surface area contributed by atoms with Crippen molar-refractivity contribution in [1.29, 1.82) is 0 Å². The van der Waals surface area contributed by atoms with Crippen molar-refractivity contribution in [3.8, 4) is 0 Å². The quantitative estimate of drug-likeness (QED) is 0.699. The highest BCUT2D eigenvalue weighted by molar-refractivity contribution is 5.07. The second kappa shape index (κ2) is 7.22. The minimum absolute atomic E-state index is 0.897. The Morgan fingerprint density at radius 1 is 1.45 bits per heavy atom. The standard InChI is InChI=1S/C7H10N2.C2H6/c1-8-5-7-3-2-4-9-6-7;1-2/h2-4,6,8H,5H2,1H3;1-2H3. The molecule has 2 nitrogen and oxygen atoms in total. The fourth-order valence-corrected chi connectivity index (χ4v) is 0.707. The van der Waals surface area contributed by atoms with Gasteiger partial charge in [-0.15, -0.1) is 0 Å². The van der Waals surface area contributed by atoms with Crippen molar-refractivity contribution in [2.75, 3.05) is 7.05 Å². The molecule has 1 heterocycles. The van der Waals surface area contributed by atoms with Gasteiger partial charge in [-0.25, -0.2) is 0 Å². The highest BCUT2D eigenvalue weighted by Gasteiger charge is 1.84. The number of nitrogens with zero attached hydrogens (tertiary/aromatic N) is 1. The lowest BCUT2D eigenvalue weighted by Gasteiger charge is -1.95. The molecule has 0 aromatic carbocycles. The van der Waals surface area contributed by atoms with Gasteiger partial charge < -0.3 is 5.32 Å². The Kier molecular flexibility index (Phi) is 6.64. The summed E-state index contributed by atoms with van der Waals surface area (Å²) in [6, 6.07) is 3.98. The van der Waals surface area contributed by atoms with Crippen LogP contribution in [0.1, 0.15) is 19.4 Å². The van der Waals surface area contributed by atoms with Crippen LogP contribution in [-0.4, -0.2) is 12.0 Å². The maximum absolute atomic E-state index is 3.96. The summed E-state index contributed by atoms with van der Waals surface area (Å²) >= 11 is 0. The van der Waals surface area contributed by atoms with Crippen molar-refractivity contribution in [1.82, 2.24) is 10.3 Å². The number of pyridine rings is 1. The van der Waals surface area contributed by atoms with E-state index in [1.54, 1.807) is 6.20 Å². The first-order valence-electron chi connectivity index (χ1n) is 3.97. The van der Waals surface area contributed by atoms with Gasteiger partial charge in [0.1, 0.15) is 0 Å². The molecule has 0 saturated heterocycles. The molecule has 0 saturated carbocycles. The zero-order valence-corrected chi connectivity index (χ0v) is 7.46. The smallest absolute Gasteiger partial charge is 0.0312 e. The highest BCUT2D eigenvalue weighted by atomic mass is 14.8. The summed E-state index contributed by atoms with van der Waals surface area (Å²) < 4.78 is 0. The van der Waals surface area contributed by atoms with Crippen LogP contribution in [0.3, 0.4) is 0 Å². The molecule has 11 heavy (non-hydrogen) atoms. The van der Waals surface area contributed by atoms with E-state index >= 15 is 0 Å². The number of rotatable bonds is 2. The molecule has 1 aromatic rings. The lowest BCUT2D eigenvalue weighted by atomic mass is 10.3. The first kappa shape index (κ1) is 10.1. The zero-order chi connectivity index (χ0) is 8.53. The van der Waals surface area contributed by atoms with Crippen molar-refractivity contribution in [3.05, 3.63) is 30.1 Å². The van der Waals surface area contributed by atoms with Crippen LogP contribution in [0, 0.1) is 0 Å². The van der Waals surface area contributed by atoms with Crippen LogP contribution in [0.2, 0.25) is 0 Å². The van der Waals surface area contributed by atoms with Crippen molar-refractivity contribution >= 4 is 0 Å². The van der Waals surface area contributed by atoms with Crippen molar-refractivity contribution in [2.24, 2.45) is 0 Å². The van der Waals surface area contributed by atoms with Crippen LogP contribution in [-0.2, 0) is 6.54 Å². The Balaban J connectivity index is 0.000000461. The van der Waals surface area contributed by atoms with Crippen LogP contribution in [0.5, 0.6) is 0 Å². The predicted octanol–water partition coefficient (Wildman–Crippen LogP) is 1.83. The summed E-state index contributed by atoms with van der Waals surface area (Å²) in [5.74, 6) is 0. The van der Waals surface area contributed by atoms with Gasteiger partial charge in [0, 0.05) is 18.9 Å². The lowest BCUT2D eigenvalue weighted by Crippen LogP contribution is -2.04. The second-order valence-electron chi connectivity index (χ2n) is 1.89. The van der Waals surface area contributed by atoms with Crippen LogP contribution in [0.25, 0.3) is 0 Å². The minimum atomic E-state index is 0.897. The molecule has 0 aliphatic heterocycles. The fraction of sp³-hybridized carbons (Fsp3) is 0.444. The van der Waals surface area contributed by atoms with E-state index in [9.17, 15) is 0 Å². The monoisotopic (exact) mass is 152 g/mol. The summed E-state index contributed by atoms with van der Waals surface area (Å²) in [6.07, 6.45) is 3.63. The summed E-state index contributed by atoms with van der Waals surface area (Å²) in [6.45, 7) is 4.90. The third-order valence-electron chi connectivity index (χ3n) is 1.10. The summed E-state index contributed by atoms with van der Waals surface area (Å²) in [5, 5.41) is 3.04. The fourth-order valence-electron chi connectivity index (χ4n) is 0.707. The molecule has 0 aliphatic rings. The largest absolute Gasteiger partial charge is 0.316 e. The number of nitrogens with one attached hydrogen (secondary N) is 1. The molecular formula is C9H16N2. The predicted molar refractivity (Wildman–Crippen MR) is 48.3 cm³/mol. The van der Waals surface area contributed by atoms with Gasteiger partial charge in [-0.3, -0.25) is 4.98 Å². The number of hydrogen-bond acceptors (Lipinski definition) is 2. The van der Waals surface area contributed by atoms with Crippen molar-refractivity contribution in [2.45, 2.75) is 20.4 Å². The first-order valence-corrected chi connectivity index (χ1v) is 3.97. The van der Waals surface area contributed by atoms with Crippen LogP contribution < -0.4 is 5.32 Å². The molecule has 0 unspecified atom stereocenters. The maximum Gasteiger partial charge on any atom is 0.0312 e. The Hall–Kier alpha value is -0.890. The van der Waals surface area contributed by atoms with Crippen molar-refractivity contribution < 1.29 is 0 Å². The minimum Gasteiger partial charge on any atom is -0.316 e. The average molecular weight is 152 g/mol. The molecule has 0 amide bonds. The van der Waals surface area contributed by atoms with E-state index in [2.05, 4.69) is 10.3 Å². The second-order valence-corrected chi connectivity index (χ2v) is 1.89. The first-order chi connectivity index (χ1) is 5.43. The van der Waals surface area contributed by atoms with E-state index in [1.165, 1.54) is 5.56 Å². The molecule has 1 aromatic heterocycles. The molecule has 0 spiro atoms. The van der Waals surface area contributed by atoms with E-state index in [0.29, 0.717) is 0 Å². The molecule has 0 bridgehead atoms. The molecule has 1 rings (SSSR count). The molecule has 62 valence electrons. The lowest BCUT2D eigenvalue weighted by molar-refractivity contribution is 0.813. The molecular weight excluding hydrogens is 136 g/mol. The van der Waals surface area contributed by atoms with Gasteiger partial charge in [0.2, 0.25) is 0 Å². The Morgan fingerprint density at radius 3 is 2.64 bits per heavy atom. The summed E-state index contributed by atoms with van der Waals surface area (Å²) in [5.41, 5.74) is 1.22. The van der Waals surface area contributed by atoms with E-state index in [4.69, 9.17) is 0 Å². The Labute approximate surface area is 68.7 Å². The van der Waals surface area contributed by atoms with Crippen molar-refractivity contribution in [3.63, 3.8) is 0 Å². The average Bonchev–Trinajstić information content (AvgIpc) is 2.11. The van der Waals surface area contributed by atoms with Crippen LogP contribution >= 0.6 is 0 Å². The van der Waals surface area contributed by atoms with Crippen LogP contribution in [0.15, 0.2) is 24.5 Å². The van der Waals surface area contributed by atoms with E-state index < -0.39 is 0 Å². The maximum atomic E-state index is 3.96. The third kappa shape index (κ3) is 4.51. The van der Waals surface area contributed by atoms with E-state index in [-0.39, 0.29) is 0 Å². The topological polar surface area (TPSA) is 24.9 Å². The molecule has 0 radical (unpaired) electrons. The van der Waals surface area contributed by atoms with Gasteiger partial charge in [-0.2, -0.15) is 0 Å². The van der Waals surface area contributed by atoms with Gasteiger partial charge in [-0.05, 0) is 18.7 Å². The van der Waals surface area contributed by atoms with E-state index in [1.807, 2.05) is 39.2 Å². The van der Waals surface area contributed by atoms with E-state index in [0.717, 1.165) is 6.54 Å². The number of hydrogen-bond donors (Lipinski definition) is 1.